The number of rotatable bonds is 15. The summed E-state index contributed by atoms with van der Waals surface area (Å²) in [5.41, 5.74) is 2.07. The lowest BCUT2D eigenvalue weighted by Crippen LogP contribution is -2.41. The molecule has 2 aromatic rings. The van der Waals surface area contributed by atoms with Gasteiger partial charge in [0.1, 0.15) is 12.4 Å². The Hall–Kier alpha value is -3.45. The fourth-order valence-electron chi connectivity index (χ4n) is 3.41. The van der Waals surface area contributed by atoms with Crippen molar-refractivity contribution in [1.82, 2.24) is 4.90 Å². The van der Waals surface area contributed by atoms with E-state index >= 15 is 0 Å². The van der Waals surface area contributed by atoms with Crippen molar-refractivity contribution < 1.29 is 50.9 Å². The zero-order valence-electron chi connectivity index (χ0n) is 21.5. The fourth-order valence-corrected chi connectivity index (χ4v) is 3.41. The summed E-state index contributed by atoms with van der Waals surface area (Å²) in [5, 5.41) is 11.9. The number of alkyl halides is 5. The van der Waals surface area contributed by atoms with Gasteiger partial charge in [-0.05, 0) is 55.7 Å². The van der Waals surface area contributed by atoms with Crippen LogP contribution in [-0.4, -0.2) is 73.3 Å². The van der Waals surface area contributed by atoms with Gasteiger partial charge in [0, 0.05) is 25.3 Å². The first-order valence-corrected chi connectivity index (χ1v) is 12.1. The number of nitrogens with zero attached hydrogens (tertiary/aromatic N) is 1. The predicted molar refractivity (Wildman–Crippen MR) is 132 cm³/mol. The van der Waals surface area contributed by atoms with Crippen LogP contribution in [-0.2, 0) is 20.7 Å². The van der Waals surface area contributed by atoms with Gasteiger partial charge < -0.3 is 29.5 Å². The number of carboxylic acid groups (broad SMARTS) is 1. The number of urea groups is 1. The summed E-state index contributed by atoms with van der Waals surface area (Å²) in [6.45, 7) is 2.63. The predicted octanol–water partition coefficient (Wildman–Crippen LogP) is 5.50. The van der Waals surface area contributed by atoms with Gasteiger partial charge in [-0.1, -0.05) is 24.3 Å². The maximum Gasteiger partial charge on any atom is 0.482 e. The minimum atomic E-state index is -5.84. The van der Waals surface area contributed by atoms with Crippen LogP contribution in [0.25, 0.3) is 0 Å². The lowest BCUT2D eigenvalue weighted by Gasteiger charge is -2.24. The smallest absolute Gasteiger partial charge is 0.482 e. The van der Waals surface area contributed by atoms with Crippen LogP contribution < -0.4 is 10.1 Å². The SMILES string of the molecule is CCOC(Cc1ccc(OCCN(CCCOC(F)(F)C(F)(F)F)C(=O)Nc2cccc(C)c2)cc1)C(=O)O. The molecule has 0 saturated heterocycles. The van der Waals surface area contributed by atoms with E-state index in [1.54, 1.807) is 49.4 Å². The Morgan fingerprint density at radius 2 is 1.72 bits per heavy atom. The van der Waals surface area contributed by atoms with Gasteiger partial charge >= 0.3 is 24.3 Å². The van der Waals surface area contributed by atoms with Crippen LogP contribution in [0.3, 0.4) is 0 Å². The second kappa shape index (κ2) is 14.6. The molecule has 13 heteroatoms. The molecule has 8 nitrogen and oxygen atoms in total. The molecule has 0 aliphatic heterocycles. The number of benzene rings is 2. The van der Waals surface area contributed by atoms with Crippen LogP contribution in [0.15, 0.2) is 48.5 Å². The molecule has 1 atom stereocenters. The molecule has 1 unspecified atom stereocenters. The van der Waals surface area contributed by atoms with E-state index in [-0.39, 0.29) is 39.1 Å². The van der Waals surface area contributed by atoms with E-state index in [9.17, 15) is 36.6 Å². The monoisotopic (exact) mass is 562 g/mol. The lowest BCUT2D eigenvalue weighted by molar-refractivity contribution is -0.391. The number of nitrogens with one attached hydrogen (secondary N) is 1. The highest BCUT2D eigenvalue weighted by Gasteiger charge is 2.59. The highest BCUT2D eigenvalue weighted by molar-refractivity contribution is 5.89. The fraction of sp³-hybridized carbons (Fsp3) is 0.462. The van der Waals surface area contributed by atoms with E-state index in [1.165, 1.54) is 4.90 Å². The van der Waals surface area contributed by atoms with Crippen LogP contribution in [0.2, 0.25) is 0 Å². The van der Waals surface area contributed by atoms with Crippen LogP contribution in [0.5, 0.6) is 5.75 Å². The Morgan fingerprint density at radius 3 is 2.31 bits per heavy atom. The van der Waals surface area contributed by atoms with E-state index in [0.717, 1.165) is 5.56 Å². The summed E-state index contributed by atoms with van der Waals surface area (Å²) in [5.74, 6) is -0.650. The number of halogens is 5. The van der Waals surface area contributed by atoms with Gasteiger partial charge in [0.2, 0.25) is 0 Å². The first-order valence-electron chi connectivity index (χ1n) is 12.1. The zero-order valence-corrected chi connectivity index (χ0v) is 21.5. The molecule has 39 heavy (non-hydrogen) atoms. The molecule has 0 radical (unpaired) electrons. The van der Waals surface area contributed by atoms with E-state index in [0.29, 0.717) is 17.0 Å². The van der Waals surface area contributed by atoms with E-state index in [4.69, 9.17) is 9.47 Å². The number of hydrogen-bond donors (Lipinski definition) is 2. The minimum Gasteiger partial charge on any atom is -0.492 e. The van der Waals surface area contributed by atoms with Crippen molar-refractivity contribution in [2.75, 3.05) is 38.2 Å². The number of carbonyl (C=O) groups is 2. The van der Waals surface area contributed by atoms with Gasteiger partial charge in [-0.25, -0.2) is 9.59 Å². The highest BCUT2D eigenvalue weighted by atomic mass is 19.4. The van der Waals surface area contributed by atoms with Crippen molar-refractivity contribution in [3.63, 3.8) is 0 Å². The summed E-state index contributed by atoms with van der Waals surface area (Å²) in [6.07, 6.45) is -12.2. The van der Waals surface area contributed by atoms with Crippen molar-refractivity contribution in [3.05, 3.63) is 59.7 Å². The number of hydrogen-bond acceptors (Lipinski definition) is 5. The Bertz CT molecular complexity index is 1070. The molecule has 0 bridgehead atoms. The van der Waals surface area contributed by atoms with E-state index in [1.807, 2.05) is 13.0 Å². The molecule has 0 heterocycles. The number of amides is 2. The van der Waals surface area contributed by atoms with Gasteiger partial charge in [-0.15, -0.1) is 0 Å². The molecular weight excluding hydrogens is 531 g/mol. The summed E-state index contributed by atoms with van der Waals surface area (Å²) >= 11 is 0. The van der Waals surface area contributed by atoms with Crippen LogP contribution >= 0.6 is 0 Å². The third-order valence-electron chi connectivity index (χ3n) is 5.36. The number of anilines is 1. The quantitative estimate of drug-likeness (QED) is 0.220. The lowest BCUT2D eigenvalue weighted by atomic mass is 10.1. The normalized spacial score (nSPS) is 12.6. The Kier molecular flexibility index (Phi) is 11.9. The molecule has 216 valence electrons. The molecule has 0 spiro atoms. The molecule has 0 aliphatic rings. The standard InChI is InChI=1S/C26H31F5N2O6/c1-3-37-22(23(34)35)17-19-8-10-21(11-9-19)38-15-13-33(12-5-14-39-26(30,31)25(27,28)29)24(36)32-20-7-4-6-18(2)16-20/h4,6-11,16,22H,3,5,12-15,17H2,1-2H3,(H,32,36)(H,34,35). The first kappa shape index (κ1) is 31.8. The average molecular weight is 563 g/mol. The number of carboxylic acids is 1. The second-order valence-electron chi connectivity index (χ2n) is 8.48. The maximum absolute atomic E-state index is 13.0. The Morgan fingerprint density at radius 1 is 1.03 bits per heavy atom. The molecule has 2 aromatic carbocycles. The van der Waals surface area contributed by atoms with Crippen molar-refractivity contribution in [1.29, 1.82) is 0 Å². The molecule has 2 rings (SSSR count). The number of carbonyl (C=O) groups excluding carboxylic acids is 1. The summed E-state index contributed by atoms with van der Waals surface area (Å²) in [4.78, 5) is 25.3. The molecular formula is C26H31F5N2O6. The van der Waals surface area contributed by atoms with Crippen LogP contribution in [0, 0.1) is 6.92 Å². The number of ether oxygens (including phenoxy) is 3. The third kappa shape index (κ3) is 10.7. The molecule has 2 N–H and O–H groups in total. The Labute approximate surface area is 222 Å². The van der Waals surface area contributed by atoms with E-state index in [2.05, 4.69) is 10.1 Å². The summed E-state index contributed by atoms with van der Waals surface area (Å²) in [7, 11) is 0. The highest BCUT2D eigenvalue weighted by Crippen LogP contribution is 2.36. The van der Waals surface area contributed by atoms with Gasteiger partial charge in [0.25, 0.3) is 0 Å². The van der Waals surface area contributed by atoms with Crippen LogP contribution in [0.1, 0.15) is 24.5 Å². The molecule has 0 saturated carbocycles. The average Bonchev–Trinajstić information content (AvgIpc) is 2.85. The van der Waals surface area contributed by atoms with Crippen molar-refractivity contribution >= 4 is 17.7 Å². The summed E-state index contributed by atoms with van der Waals surface area (Å²) in [6, 6.07) is 12.9. The van der Waals surface area contributed by atoms with Gasteiger partial charge in [-0.2, -0.15) is 22.0 Å². The molecule has 0 aromatic heterocycles. The minimum absolute atomic E-state index is 0.0134. The van der Waals surface area contributed by atoms with Gasteiger partial charge in [-0.3, -0.25) is 0 Å². The third-order valence-corrected chi connectivity index (χ3v) is 5.36. The molecule has 2 amide bonds. The van der Waals surface area contributed by atoms with Gasteiger partial charge in [0.15, 0.2) is 6.10 Å². The summed E-state index contributed by atoms with van der Waals surface area (Å²) < 4.78 is 77.5. The van der Waals surface area contributed by atoms with Crippen molar-refractivity contribution in [2.24, 2.45) is 0 Å². The topological polar surface area (TPSA) is 97.3 Å². The second-order valence-corrected chi connectivity index (χ2v) is 8.48. The van der Waals surface area contributed by atoms with Crippen LogP contribution in [0.4, 0.5) is 32.4 Å². The largest absolute Gasteiger partial charge is 0.492 e. The number of aliphatic carboxylic acids is 1. The van der Waals surface area contributed by atoms with Gasteiger partial charge in [0.05, 0.1) is 13.2 Å². The maximum atomic E-state index is 13.0. The van der Waals surface area contributed by atoms with Crippen molar-refractivity contribution in [2.45, 2.75) is 45.1 Å². The Balaban J connectivity index is 1.96. The van der Waals surface area contributed by atoms with Crippen molar-refractivity contribution in [3.8, 4) is 5.75 Å². The molecule has 0 aliphatic carbocycles. The van der Waals surface area contributed by atoms with E-state index < -0.39 is 37.0 Å². The molecule has 0 fully saturated rings. The first-order chi connectivity index (χ1) is 18.3. The zero-order chi connectivity index (χ0) is 29.1. The number of aryl methyl sites for hydroxylation is 1.